The summed E-state index contributed by atoms with van der Waals surface area (Å²) in [4.78, 5) is 11.4. The largest absolute Gasteiger partial charge is 0.388 e. The van der Waals surface area contributed by atoms with Crippen LogP contribution in [-0.4, -0.2) is 28.8 Å². The number of hydrogen-bond donors (Lipinski definition) is 3. The molecule has 0 aliphatic heterocycles. The molecule has 2 amide bonds. The van der Waals surface area contributed by atoms with E-state index >= 15 is 0 Å². The molecule has 1 aliphatic carbocycles. The van der Waals surface area contributed by atoms with E-state index in [4.69, 9.17) is 0 Å². The van der Waals surface area contributed by atoms with E-state index in [9.17, 15) is 9.90 Å². The molecular formula is C11H22N2O2. The Hall–Kier alpha value is -0.770. The minimum Gasteiger partial charge on any atom is -0.388 e. The average molecular weight is 214 g/mol. The molecule has 0 spiro atoms. The third kappa shape index (κ3) is 4.51. The lowest BCUT2D eigenvalue weighted by molar-refractivity contribution is 0.0498. The highest BCUT2D eigenvalue weighted by Crippen LogP contribution is 2.28. The van der Waals surface area contributed by atoms with Gasteiger partial charge in [-0.05, 0) is 33.6 Å². The highest BCUT2D eigenvalue weighted by molar-refractivity contribution is 5.74. The van der Waals surface area contributed by atoms with Gasteiger partial charge in [-0.1, -0.05) is 12.8 Å². The molecule has 0 radical (unpaired) electrons. The minimum absolute atomic E-state index is 0.206. The van der Waals surface area contributed by atoms with Gasteiger partial charge >= 0.3 is 6.03 Å². The fourth-order valence-electron chi connectivity index (χ4n) is 1.84. The normalized spacial score (nSPS) is 20.0. The second-order valence-corrected chi connectivity index (χ2v) is 5.49. The summed E-state index contributed by atoms with van der Waals surface area (Å²) in [5.74, 6) is 0. The average Bonchev–Trinajstić information content (AvgIpc) is 2.47. The Labute approximate surface area is 91.4 Å². The predicted molar refractivity (Wildman–Crippen MR) is 59.7 cm³/mol. The molecule has 1 rings (SSSR count). The first kappa shape index (κ1) is 12.3. The summed E-state index contributed by atoms with van der Waals surface area (Å²) in [6.07, 6.45) is 3.70. The van der Waals surface area contributed by atoms with Crippen LogP contribution >= 0.6 is 0 Å². The number of hydrogen-bond acceptors (Lipinski definition) is 2. The van der Waals surface area contributed by atoms with Crippen LogP contribution in [0, 0.1) is 0 Å². The zero-order valence-electron chi connectivity index (χ0n) is 9.89. The minimum atomic E-state index is -0.671. The lowest BCUT2D eigenvalue weighted by atomic mass is 10.0. The van der Waals surface area contributed by atoms with Crippen molar-refractivity contribution in [1.29, 1.82) is 0 Å². The first-order chi connectivity index (χ1) is 6.81. The maximum atomic E-state index is 11.4. The quantitative estimate of drug-likeness (QED) is 0.650. The van der Waals surface area contributed by atoms with Gasteiger partial charge in [0.1, 0.15) is 0 Å². The van der Waals surface area contributed by atoms with Gasteiger partial charge in [-0.25, -0.2) is 4.79 Å². The third-order valence-corrected chi connectivity index (χ3v) is 2.60. The van der Waals surface area contributed by atoms with Crippen LogP contribution in [0.5, 0.6) is 0 Å². The Morgan fingerprint density at radius 2 is 1.87 bits per heavy atom. The van der Waals surface area contributed by atoms with E-state index in [1.54, 1.807) is 0 Å². The van der Waals surface area contributed by atoms with Crippen LogP contribution in [0.1, 0.15) is 46.5 Å². The van der Waals surface area contributed by atoms with Crippen molar-refractivity contribution >= 4 is 6.03 Å². The van der Waals surface area contributed by atoms with Crippen LogP contribution in [-0.2, 0) is 0 Å². The number of carbonyl (C=O) groups excluding carboxylic acids is 1. The molecule has 15 heavy (non-hydrogen) atoms. The molecule has 0 aromatic rings. The molecule has 4 heteroatoms. The number of urea groups is 1. The third-order valence-electron chi connectivity index (χ3n) is 2.60. The number of nitrogens with one attached hydrogen (secondary N) is 2. The van der Waals surface area contributed by atoms with Gasteiger partial charge in [-0.3, -0.25) is 0 Å². The van der Waals surface area contributed by atoms with E-state index in [0.29, 0.717) is 6.54 Å². The molecule has 0 bridgehead atoms. The molecule has 0 aromatic carbocycles. The van der Waals surface area contributed by atoms with Crippen molar-refractivity contribution in [3.05, 3.63) is 0 Å². The topological polar surface area (TPSA) is 61.4 Å². The molecule has 0 heterocycles. The van der Waals surface area contributed by atoms with E-state index in [-0.39, 0.29) is 11.6 Å². The van der Waals surface area contributed by atoms with E-state index < -0.39 is 5.60 Å². The van der Waals surface area contributed by atoms with E-state index in [1.165, 1.54) is 0 Å². The first-order valence-corrected chi connectivity index (χ1v) is 5.59. The number of rotatable bonds is 2. The Morgan fingerprint density at radius 1 is 1.33 bits per heavy atom. The summed E-state index contributed by atoms with van der Waals surface area (Å²) in [6, 6.07) is -0.206. The zero-order chi connectivity index (χ0) is 11.5. The Bertz CT molecular complexity index is 227. The van der Waals surface area contributed by atoms with Crippen LogP contribution in [0.4, 0.5) is 4.79 Å². The lowest BCUT2D eigenvalue weighted by Gasteiger charge is -2.25. The van der Waals surface area contributed by atoms with Gasteiger partial charge in [0, 0.05) is 12.1 Å². The number of aliphatic hydroxyl groups is 1. The number of amides is 2. The van der Waals surface area contributed by atoms with Crippen molar-refractivity contribution in [3.8, 4) is 0 Å². The predicted octanol–water partition coefficient (Wildman–Crippen LogP) is 1.39. The lowest BCUT2D eigenvalue weighted by Crippen LogP contribution is -2.50. The standard InChI is InChI=1S/C11H22N2O2/c1-10(2,3)13-9(14)12-8-11(15)6-4-5-7-11/h15H,4-8H2,1-3H3,(H2,12,13,14). The van der Waals surface area contributed by atoms with Crippen LogP contribution in [0.2, 0.25) is 0 Å². The molecule has 0 atom stereocenters. The van der Waals surface area contributed by atoms with Crippen LogP contribution in [0.15, 0.2) is 0 Å². The monoisotopic (exact) mass is 214 g/mol. The van der Waals surface area contributed by atoms with Crippen LogP contribution in [0.3, 0.4) is 0 Å². The molecule has 88 valence electrons. The molecule has 3 N–H and O–H groups in total. The first-order valence-electron chi connectivity index (χ1n) is 5.59. The fraction of sp³-hybridized carbons (Fsp3) is 0.909. The summed E-state index contributed by atoms with van der Waals surface area (Å²) < 4.78 is 0. The second-order valence-electron chi connectivity index (χ2n) is 5.49. The smallest absolute Gasteiger partial charge is 0.315 e. The van der Waals surface area contributed by atoms with Crippen molar-refractivity contribution in [1.82, 2.24) is 10.6 Å². The van der Waals surface area contributed by atoms with E-state index in [2.05, 4.69) is 10.6 Å². The zero-order valence-corrected chi connectivity index (χ0v) is 9.89. The molecule has 1 aliphatic rings. The Kier molecular flexibility index (Phi) is 3.60. The second kappa shape index (κ2) is 4.39. The summed E-state index contributed by atoms with van der Waals surface area (Å²) in [6.45, 7) is 6.14. The molecule has 1 fully saturated rings. The fourth-order valence-corrected chi connectivity index (χ4v) is 1.84. The van der Waals surface area contributed by atoms with Crippen molar-refractivity contribution < 1.29 is 9.90 Å². The molecule has 0 aromatic heterocycles. The van der Waals surface area contributed by atoms with Crippen molar-refractivity contribution in [2.45, 2.75) is 57.6 Å². The van der Waals surface area contributed by atoms with Crippen molar-refractivity contribution in [3.63, 3.8) is 0 Å². The van der Waals surface area contributed by atoms with Gasteiger partial charge in [-0.2, -0.15) is 0 Å². The van der Waals surface area contributed by atoms with Crippen LogP contribution < -0.4 is 10.6 Å². The summed E-state index contributed by atoms with van der Waals surface area (Å²) in [5, 5.41) is 15.5. The molecule has 0 saturated heterocycles. The molecule has 4 nitrogen and oxygen atoms in total. The summed E-state index contributed by atoms with van der Waals surface area (Å²) in [5.41, 5.74) is -0.905. The van der Waals surface area contributed by atoms with Gasteiger partial charge in [0.05, 0.1) is 5.60 Å². The van der Waals surface area contributed by atoms with E-state index in [0.717, 1.165) is 25.7 Å². The van der Waals surface area contributed by atoms with Gasteiger partial charge in [-0.15, -0.1) is 0 Å². The van der Waals surface area contributed by atoms with Gasteiger partial charge in [0.25, 0.3) is 0 Å². The Morgan fingerprint density at radius 3 is 2.33 bits per heavy atom. The van der Waals surface area contributed by atoms with Gasteiger partial charge in [0.2, 0.25) is 0 Å². The highest BCUT2D eigenvalue weighted by atomic mass is 16.3. The molecular weight excluding hydrogens is 192 g/mol. The highest BCUT2D eigenvalue weighted by Gasteiger charge is 2.31. The van der Waals surface area contributed by atoms with Crippen molar-refractivity contribution in [2.75, 3.05) is 6.54 Å². The Balaban J connectivity index is 2.28. The van der Waals surface area contributed by atoms with Crippen molar-refractivity contribution in [2.24, 2.45) is 0 Å². The molecule has 1 saturated carbocycles. The maximum Gasteiger partial charge on any atom is 0.315 e. The number of carbonyl (C=O) groups is 1. The summed E-state index contributed by atoms with van der Waals surface area (Å²) >= 11 is 0. The SMILES string of the molecule is CC(C)(C)NC(=O)NCC1(O)CCCC1. The van der Waals surface area contributed by atoms with Gasteiger partial charge in [0.15, 0.2) is 0 Å². The van der Waals surface area contributed by atoms with Gasteiger partial charge < -0.3 is 15.7 Å². The molecule has 0 unspecified atom stereocenters. The maximum absolute atomic E-state index is 11.4. The van der Waals surface area contributed by atoms with Crippen LogP contribution in [0.25, 0.3) is 0 Å². The summed E-state index contributed by atoms with van der Waals surface area (Å²) in [7, 11) is 0. The van der Waals surface area contributed by atoms with E-state index in [1.807, 2.05) is 20.8 Å².